The summed E-state index contributed by atoms with van der Waals surface area (Å²) in [4.78, 5) is 0.317. The van der Waals surface area contributed by atoms with E-state index < -0.39 is 0 Å². The maximum Gasteiger partial charge on any atom is 0.156 e. The SMILES string of the molecule is N#Cc1sc2sc(C#N)c(O)c2c1O. The Morgan fingerprint density at radius 3 is 1.64 bits per heavy atom. The topological polar surface area (TPSA) is 88.0 Å². The number of thiophene rings is 2. The Morgan fingerprint density at radius 2 is 1.36 bits per heavy atom. The van der Waals surface area contributed by atoms with E-state index in [0.717, 1.165) is 22.7 Å². The van der Waals surface area contributed by atoms with Crippen molar-refractivity contribution in [1.29, 1.82) is 10.5 Å². The molecular formula is C8H2N2O2S2. The second kappa shape index (κ2) is 2.88. The van der Waals surface area contributed by atoms with Crippen molar-refractivity contribution in [3.05, 3.63) is 9.75 Å². The first-order valence-corrected chi connectivity index (χ1v) is 5.09. The van der Waals surface area contributed by atoms with E-state index in [2.05, 4.69) is 0 Å². The van der Waals surface area contributed by atoms with Gasteiger partial charge in [0.1, 0.15) is 21.9 Å². The summed E-state index contributed by atoms with van der Waals surface area (Å²) in [6.07, 6.45) is 0. The van der Waals surface area contributed by atoms with Crippen LogP contribution in [-0.2, 0) is 0 Å². The number of fused-ring (bicyclic) bond motifs is 1. The average Bonchev–Trinajstić information content (AvgIpc) is 2.65. The molecule has 0 saturated carbocycles. The van der Waals surface area contributed by atoms with Crippen molar-refractivity contribution in [2.45, 2.75) is 0 Å². The van der Waals surface area contributed by atoms with Gasteiger partial charge in [-0.25, -0.2) is 0 Å². The summed E-state index contributed by atoms with van der Waals surface area (Å²) in [5.74, 6) is -0.467. The molecule has 0 unspecified atom stereocenters. The molecule has 2 N–H and O–H groups in total. The minimum atomic E-state index is -0.234. The van der Waals surface area contributed by atoms with Gasteiger partial charge >= 0.3 is 0 Å². The fourth-order valence-electron chi connectivity index (χ4n) is 1.09. The lowest BCUT2D eigenvalue weighted by Crippen LogP contribution is -1.67. The summed E-state index contributed by atoms with van der Waals surface area (Å²) < 4.78 is 0.591. The zero-order valence-corrected chi connectivity index (χ0v) is 8.24. The van der Waals surface area contributed by atoms with Crippen molar-refractivity contribution in [2.75, 3.05) is 0 Å². The average molecular weight is 222 g/mol. The van der Waals surface area contributed by atoms with E-state index in [4.69, 9.17) is 10.5 Å². The molecule has 0 aliphatic rings. The molecular weight excluding hydrogens is 220 g/mol. The first kappa shape index (κ1) is 8.82. The van der Waals surface area contributed by atoms with Crippen molar-refractivity contribution in [3.63, 3.8) is 0 Å². The van der Waals surface area contributed by atoms with Gasteiger partial charge in [-0.15, -0.1) is 22.7 Å². The molecule has 6 heteroatoms. The minimum Gasteiger partial charge on any atom is -0.505 e. The summed E-state index contributed by atoms with van der Waals surface area (Å²) in [6.45, 7) is 0. The Kier molecular flexibility index (Phi) is 1.81. The summed E-state index contributed by atoms with van der Waals surface area (Å²) in [5.41, 5.74) is 0. The summed E-state index contributed by atoms with van der Waals surface area (Å²) in [5, 5.41) is 36.5. The van der Waals surface area contributed by atoms with Gasteiger partial charge in [0, 0.05) is 0 Å². The third kappa shape index (κ3) is 0.956. The molecule has 0 radical (unpaired) electrons. The van der Waals surface area contributed by atoms with Gasteiger partial charge in [-0.1, -0.05) is 0 Å². The fraction of sp³-hybridized carbons (Fsp3) is 0. The largest absolute Gasteiger partial charge is 0.505 e. The molecule has 2 rings (SSSR count). The predicted molar refractivity (Wildman–Crippen MR) is 52.5 cm³/mol. The molecule has 14 heavy (non-hydrogen) atoms. The van der Waals surface area contributed by atoms with Crippen LogP contribution in [0.15, 0.2) is 0 Å². The smallest absolute Gasteiger partial charge is 0.156 e. The molecule has 2 aromatic rings. The zero-order valence-electron chi connectivity index (χ0n) is 6.61. The molecule has 0 aliphatic heterocycles. The van der Waals surface area contributed by atoms with Crippen LogP contribution in [0.1, 0.15) is 9.75 Å². The van der Waals surface area contributed by atoms with Crippen LogP contribution in [0.2, 0.25) is 0 Å². The minimum absolute atomic E-state index is 0.158. The van der Waals surface area contributed by atoms with Crippen LogP contribution in [0.5, 0.6) is 11.5 Å². The molecule has 0 atom stereocenters. The molecule has 0 bridgehead atoms. The highest BCUT2D eigenvalue weighted by Gasteiger charge is 2.20. The Morgan fingerprint density at radius 1 is 0.929 bits per heavy atom. The molecule has 0 saturated heterocycles. The number of hydrogen-bond donors (Lipinski definition) is 2. The van der Waals surface area contributed by atoms with Crippen LogP contribution < -0.4 is 0 Å². The first-order valence-electron chi connectivity index (χ1n) is 3.46. The Balaban J connectivity index is 2.90. The lowest BCUT2D eigenvalue weighted by molar-refractivity contribution is 0.465. The second-order valence-electron chi connectivity index (χ2n) is 2.45. The van der Waals surface area contributed by atoms with Gasteiger partial charge in [0.15, 0.2) is 11.5 Å². The van der Waals surface area contributed by atoms with Crippen LogP contribution in [0.25, 0.3) is 9.40 Å². The third-order valence-corrected chi connectivity index (χ3v) is 3.96. The van der Waals surface area contributed by atoms with E-state index in [1.54, 1.807) is 0 Å². The molecule has 68 valence electrons. The summed E-state index contributed by atoms with van der Waals surface area (Å²) in [7, 11) is 0. The molecule has 4 nitrogen and oxygen atoms in total. The lowest BCUT2D eigenvalue weighted by atomic mass is 10.3. The summed E-state index contributed by atoms with van der Waals surface area (Å²) >= 11 is 2.14. The van der Waals surface area contributed by atoms with E-state index in [1.807, 2.05) is 12.1 Å². The highest BCUT2D eigenvalue weighted by atomic mass is 32.2. The number of rotatable bonds is 0. The normalized spacial score (nSPS) is 9.86. The van der Waals surface area contributed by atoms with E-state index in [9.17, 15) is 10.2 Å². The molecule has 2 heterocycles. The highest BCUT2D eigenvalue weighted by molar-refractivity contribution is 7.39. The Hall–Kier alpha value is -1.76. The second-order valence-corrected chi connectivity index (χ2v) is 4.75. The van der Waals surface area contributed by atoms with Gasteiger partial charge in [0.25, 0.3) is 0 Å². The maximum atomic E-state index is 9.50. The zero-order chi connectivity index (χ0) is 10.3. The molecule has 0 aromatic carbocycles. The van der Waals surface area contributed by atoms with Gasteiger partial charge < -0.3 is 10.2 Å². The standard InChI is InChI=1S/C8H2N2O2S2/c9-1-3-6(11)5-7(12)4(2-10)14-8(5)13-3/h11-12H. The van der Waals surface area contributed by atoms with Gasteiger partial charge in [0.2, 0.25) is 0 Å². The van der Waals surface area contributed by atoms with Gasteiger partial charge in [-0.05, 0) is 0 Å². The molecule has 0 fully saturated rings. The van der Waals surface area contributed by atoms with Crippen molar-refractivity contribution < 1.29 is 10.2 Å². The number of nitrogens with zero attached hydrogens (tertiary/aromatic N) is 2. The van der Waals surface area contributed by atoms with Crippen LogP contribution in [0, 0.1) is 22.7 Å². The lowest BCUT2D eigenvalue weighted by Gasteiger charge is -1.87. The van der Waals surface area contributed by atoms with Crippen molar-refractivity contribution >= 4 is 32.1 Å². The molecule has 0 aliphatic carbocycles. The quantitative estimate of drug-likeness (QED) is 0.714. The van der Waals surface area contributed by atoms with E-state index >= 15 is 0 Å². The Labute approximate surface area is 86.5 Å². The number of nitriles is 2. The maximum absolute atomic E-state index is 9.50. The van der Waals surface area contributed by atoms with Crippen molar-refractivity contribution in [1.82, 2.24) is 0 Å². The van der Waals surface area contributed by atoms with Gasteiger partial charge in [-0.3, -0.25) is 0 Å². The van der Waals surface area contributed by atoms with Crippen LogP contribution in [0.4, 0.5) is 0 Å². The fourth-order valence-corrected chi connectivity index (χ4v) is 3.21. The molecule has 2 aromatic heterocycles. The monoisotopic (exact) mass is 222 g/mol. The van der Waals surface area contributed by atoms with Crippen LogP contribution >= 0.6 is 22.7 Å². The van der Waals surface area contributed by atoms with Crippen LogP contribution in [0.3, 0.4) is 0 Å². The Bertz CT molecular complexity index is 548. The van der Waals surface area contributed by atoms with Crippen LogP contribution in [-0.4, -0.2) is 10.2 Å². The van der Waals surface area contributed by atoms with Crippen molar-refractivity contribution in [2.24, 2.45) is 0 Å². The van der Waals surface area contributed by atoms with Gasteiger partial charge in [-0.2, -0.15) is 10.5 Å². The number of hydrogen-bond acceptors (Lipinski definition) is 6. The first-order chi connectivity index (χ1) is 6.69. The predicted octanol–water partition coefficient (Wildman–Crippen LogP) is 2.12. The van der Waals surface area contributed by atoms with E-state index in [1.165, 1.54) is 0 Å². The highest BCUT2D eigenvalue weighted by Crippen LogP contribution is 2.47. The molecule has 0 spiro atoms. The molecule has 0 amide bonds. The van der Waals surface area contributed by atoms with E-state index in [0.29, 0.717) is 4.01 Å². The number of aromatic hydroxyl groups is 2. The van der Waals surface area contributed by atoms with Crippen molar-refractivity contribution in [3.8, 4) is 23.6 Å². The van der Waals surface area contributed by atoms with Gasteiger partial charge in [0.05, 0.1) is 9.40 Å². The third-order valence-electron chi connectivity index (χ3n) is 1.70. The van der Waals surface area contributed by atoms with E-state index in [-0.39, 0.29) is 26.6 Å². The summed E-state index contributed by atoms with van der Waals surface area (Å²) in [6, 6.07) is 3.63.